The van der Waals surface area contributed by atoms with Gasteiger partial charge in [0.15, 0.2) is 5.82 Å². The molecule has 1 unspecified atom stereocenters. The number of fused-ring (bicyclic) bond motifs is 1. The molecule has 1 N–H and O–H groups in total. The number of halogens is 1. The van der Waals surface area contributed by atoms with Crippen LogP contribution in [0.1, 0.15) is 25.6 Å². The van der Waals surface area contributed by atoms with Gasteiger partial charge < -0.3 is 5.32 Å². The maximum atomic E-state index is 6.06. The highest BCUT2D eigenvalue weighted by Crippen LogP contribution is 2.13. The second-order valence-electron chi connectivity index (χ2n) is 3.94. The molecule has 0 saturated heterocycles. The van der Waals surface area contributed by atoms with E-state index in [9.17, 15) is 0 Å². The van der Waals surface area contributed by atoms with E-state index in [0.29, 0.717) is 0 Å². The molecule has 2 aromatic rings. The molecule has 0 aromatic carbocycles. The van der Waals surface area contributed by atoms with Gasteiger partial charge in [-0.15, -0.1) is 21.8 Å². The Morgan fingerprint density at radius 1 is 1.47 bits per heavy atom. The van der Waals surface area contributed by atoms with E-state index in [2.05, 4.69) is 27.4 Å². The lowest BCUT2D eigenvalue weighted by Gasteiger charge is -2.08. The number of nitrogens with one attached hydrogen (secondary N) is 1. The molecule has 2 aromatic heterocycles. The fraction of sp³-hybridized carbons (Fsp3) is 0.545. The van der Waals surface area contributed by atoms with Gasteiger partial charge in [-0.05, 0) is 19.8 Å². The molecule has 0 radical (unpaired) electrons. The van der Waals surface area contributed by atoms with Gasteiger partial charge in [0.05, 0.1) is 0 Å². The molecule has 0 aliphatic rings. The number of nitrogens with zero attached hydrogens (tertiary/aromatic N) is 4. The first kappa shape index (κ1) is 12.1. The Hall–Kier alpha value is -1.36. The van der Waals surface area contributed by atoms with E-state index in [1.54, 1.807) is 6.20 Å². The number of aryl methyl sites for hydroxylation is 1. The van der Waals surface area contributed by atoms with Crippen LogP contribution in [0.15, 0.2) is 12.4 Å². The first-order valence-electron chi connectivity index (χ1n) is 5.76. The Labute approximate surface area is 105 Å². The Kier molecular flexibility index (Phi) is 3.78. The summed E-state index contributed by atoms with van der Waals surface area (Å²) in [6, 6.07) is 0. The molecule has 1 atom stereocenters. The largest absolute Gasteiger partial charge is 0.367 e. The highest BCUT2D eigenvalue weighted by Gasteiger charge is 2.07. The fourth-order valence-corrected chi connectivity index (χ4v) is 1.73. The zero-order valence-electron chi connectivity index (χ0n) is 10.0. The predicted octanol–water partition coefficient (Wildman–Crippen LogP) is 2.25. The van der Waals surface area contributed by atoms with Gasteiger partial charge in [0.1, 0.15) is 5.82 Å². The van der Waals surface area contributed by atoms with Gasteiger partial charge in [-0.2, -0.15) is 0 Å². The van der Waals surface area contributed by atoms with E-state index in [1.807, 2.05) is 17.5 Å². The topological polar surface area (TPSA) is 55.1 Å². The third-order valence-electron chi connectivity index (χ3n) is 2.69. The third kappa shape index (κ3) is 2.66. The quantitative estimate of drug-likeness (QED) is 0.831. The zero-order valence-corrected chi connectivity index (χ0v) is 10.8. The lowest BCUT2D eigenvalue weighted by atomic mass is 10.2. The van der Waals surface area contributed by atoms with Gasteiger partial charge in [-0.25, -0.2) is 4.98 Å². The first-order chi connectivity index (χ1) is 8.22. The number of hydrogen-bond donors (Lipinski definition) is 1. The monoisotopic (exact) mass is 253 g/mol. The molecule has 17 heavy (non-hydrogen) atoms. The van der Waals surface area contributed by atoms with E-state index >= 15 is 0 Å². The number of anilines is 1. The molecule has 0 aliphatic carbocycles. The average Bonchev–Trinajstić information content (AvgIpc) is 2.72. The van der Waals surface area contributed by atoms with E-state index < -0.39 is 0 Å². The Balaban J connectivity index is 2.08. The summed E-state index contributed by atoms with van der Waals surface area (Å²) < 4.78 is 1.91. The van der Waals surface area contributed by atoms with Crippen LogP contribution in [0.5, 0.6) is 0 Å². The van der Waals surface area contributed by atoms with Crippen molar-refractivity contribution >= 4 is 23.1 Å². The average molecular weight is 254 g/mol. The van der Waals surface area contributed by atoms with E-state index in [0.717, 1.165) is 36.7 Å². The van der Waals surface area contributed by atoms with Crippen molar-refractivity contribution < 1.29 is 0 Å². The normalized spacial score (nSPS) is 12.9. The van der Waals surface area contributed by atoms with Crippen LogP contribution in [0, 0.1) is 6.92 Å². The van der Waals surface area contributed by atoms with Gasteiger partial charge in [0.25, 0.3) is 0 Å². The van der Waals surface area contributed by atoms with Crippen molar-refractivity contribution in [1.29, 1.82) is 0 Å². The fourth-order valence-electron chi connectivity index (χ4n) is 1.62. The lowest BCUT2D eigenvalue weighted by molar-refractivity contribution is 0.752. The maximum Gasteiger partial charge on any atom is 0.203 e. The highest BCUT2D eigenvalue weighted by atomic mass is 35.5. The smallest absolute Gasteiger partial charge is 0.203 e. The van der Waals surface area contributed by atoms with E-state index in [4.69, 9.17) is 11.6 Å². The van der Waals surface area contributed by atoms with Crippen molar-refractivity contribution in [2.24, 2.45) is 0 Å². The molecular weight excluding hydrogens is 238 g/mol. The molecule has 0 saturated carbocycles. The minimum absolute atomic E-state index is 0.210. The van der Waals surface area contributed by atoms with Crippen molar-refractivity contribution in [3.63, 3.8) is 0 Å². The van der Waals surface area contributed by atoms with Crippen LogP contribution >= 0.6 is 11.6 Å². The van der Waals surface area contributed by atoms with E-state index in [1.165, 1.54) is 0 Å². The molecule has 2 heterocycles. The SMILES string of the molecule is CCC(Cl)CCNc1nccn2c(C)nnc12. The lowest BCUT2D eigenvalue weighted by Crippen LogP contribution is -2.10. The molecule has 0 bridgehead atoms. The van der Waals surface area contributed by atoms with Gasteiger partial charge in [-0.1, -0.05) is 6.92 Å². The number of rotatable bonds is 5. The van der Waals surface area contributed by atoms with Gasteiger partial charge >= 0.3 is 0 Å². The molecule has 0 fully saturated rings. The summed E-state index contributed by atoms with van der Waals surface area (Å²) in [6.07, 6.45) is 5.48. The Bertz CT molecular complexity index is 496. The van der Waals surface area contributed by atoms with Crippen molar-refractivity contribution in [2.75, 3.05) is 11.9 Å². The zero-order chi connectivity index (χ0) is 12.3. The van der Waals surface area contributed by atoms with Crippen LogP contribution in [-0.4, -0.2) is 31.5 Å². The minimum atomic E-state index is 0.210. The molecule has 0 aliphatic heterocycles. The van der Waals surface area contributed by atoms with E-state index in [-0.39, 0.29) is 5.38 Å². The standard InChI is InChI=1S/C11H16ClN5/c1-3-9(12)4-5-13-10-11-16-15-8(2)17(11)7-6-14-10/h6-7,9H,3-5H2,1-2H3,(H,13,14). The summed E-state index contributed by atoms with van der Waals surface area (Å²) in [4.78, 5) is 4.27. The van der Waals surface area contributed by atoms with Crippen molar-refractivity contribution in [3.8, 4) is 0 Å². The van der Waals surface area contributed by atoms with Gasteiger partial charge in [-0.3, -0.25) is 4.40 Å². The van der Waals surface area contributed by atoms with Crippen molar-refractivity contribution in [2.45, 2.75) is 32.1 Å². The van der Waals surface area contributed by atoms with Gasteiger partial charge in [0, 0.05) is 24.3 Å². The predicted molar refractivity (Wildman–Crippen MR) is 68.6 cm³/mol. The molecule has 0 spiro atoms. The molecule has 5 nitrogen and oxygen atoms in total. The maximum absolute atomic E-state index is 6.06. The summed E-state index contributed by atoms with van der Waals surface area (Å²) in [5, 5.41) is 11.6. The van der Waals surface area contributed by atoms with Crippen LogP contribution in [0.25, 0.3) is 5.65 Å². The Morgan fingerprint density at radius 2 is 2.29 bits per heavy atom. The van der Waals surface area contributed by atoms with Crippen LogP contribution in [0.4, 0.5) is 5.82 Å². The van der Waals surface area contributed by atoms with Crippen molar-refractivity contribution in [3.05, 3.63) is 18.2 Å². The Morgan fingerprint density at radius 3 is 3.06 bits per heavy atom. The molecule has 92 valence electrons. The second-order valence-corrected chi connectivity index (χ2v) is 4.55. The molecular formula is C11H16ClN5. The summed E-state index contributed by atoms with van der Waals surface area (Å²) >= 11 is 6.06. The van der Waals surface area contributed by atoms with Crippen LogP contribution in [0.3, 0.4) is 0 Å². The summed E-state index contributed by atoms with van der Waals surface area (Å²) in [6.45, 7) is 4.79. The van der Waals surface area contributed by atoms with Crippen molar-refractivity contribution in [1.82, 2.24) is 19.6 Å². The number of aromatic nitrogens is 4. The van der Waals surface area contributed by atoms with Crippen LogP contribution < -0.4 is 5.32 Å². The van der Waals surface area contributed by atoms with Gasteiger partial charge in [0.2, 0.25) is 5.65 Å². The van der Waals surface area contributed by atoms with Crippen LogP contribution in [-0.2, 0) is 0 Å². The number of hydrogen-bond acceptors (Lipinski definition) is 4. The third-order valence-corrected chi connectivity index (χ3v) is 3.22. The summed E-state index contributed by atoms with van der Waals surface area (Å²) in [5.74, 6) is 1.61. The molecule has 2 rings (SSSR count). The van der Waals surface area contributed by atoms with Crippen LogP contribution in [0.2, 0.25) is 0 Å². The highest BCUT2D eigenvalue weighted by molar-refractivity contribution is 6.20. The second kappa shape index (κ2) is 5.31. The summed E-state index contributed by atoms with van der Waals surface area (Å²) in [5.41, 5.74) is 0.757. The number of alkyl halides is 1. The summed E-state index contributed by atoms with van der Waals surface area (Å²) in [7, 11) is 0. The first-order valence-corrected chi connectivity index (χ1v) is 6.20. The molecule has 6 heteroatoms. The minimum Gasteiger partial charge on any atom is -0.367 e. The molecule has 0 amide bonds.